The highest BCUT2D eigenvalue weighted by atomic mass is 31.2. The van der Waals surface area contributed by atoms with E-state index < -0.39 is 20.5 Å². The van der Waals surface area contributed by atoms with Crippen molar-refractivity contribution in [2.24, 2.45) is 0 Å². The number of carboxylic acids is 1. The molecule has 0 amide bonds. The van der Waals surface area contributed by atoms with E-state index in [0.717, 1.165) is 0 Å². The van der Waals surface area contributed by atoms with E-state index in [-0.39, 0.29) is 0 Å². The molecule has 15 heavy (non-hydrogen) atoms. The van der Waals surface area contributed by atoms with Crippen LogP contribution in [0.3, 0.4) is 0 Å². The highest BCUT2D eigenvalue weighted by molar-refractivity contribution is 7.44. The maximum absolute atomic E-state index is 10.5. The molecule has 0 fully saturated rings. The summed E-state index contributed by atoms with van der Waals surface area (Å²) >= 11 is 0. The molecule has 1 rings (SSSR count). The molecule has 0 radical (unpaired) electrons. The smallest absolute Gasteiger partial charge is 0.320 e. The number of hydrogen-bond acceptors (Lipinski definition) is 4. The molecule has 82 valence electrons. The van der Waals surface area contributed by atoms with Crippen molar-refractivity contribution in [2.45, 2.75) is 13.0 Å². The summed E-state index contributed by atoms with van der Waals surface area (Å²) in [5, 5.41) is 11.0. The Kier molecular flexibility index (Phi) is 4.49. The molecule has 2 unspecified atom stereocenters. The fourth-order valence-electron chi connectivity index (χ4n) is 0.828. The van der Waals surface area contributed by atoms with Crippen molar-refractivity contribution in [2.75, 3.05) is 0 Å². The van der Waals surface area contributed by atoms with Crippen LogP contribution in [0.25, 0.3) is 0 Å². The van der Waals surface area contributed by atoms with Gasteiger partial charge < -0.3 is 14.5 Å². The molecule has 0 heterocycles. The van der Waals surface area contributed by atoms with E-state index in [1.54, 1.807) is 24.3 Å². The third kappa shape index (κ3) is 4.25. The van der Waals surface area contributed by atoms with Gasteiger partial charge in [-0.3, -0.25) is 4.79 Å². The van der Waals surface area contributed by atoms with Gasteiger partial charge in [0.2, 0.25) is 0 Å². The van der Waals surface area contributed by atoms with E-state index in [1.807, 2.05) is 6.07 Å². The Labute approximate surface area is 88.7 Å². The lowest BCUT2D eigenvalue weighted by atomic mass is 10.3. The van der Waals surface area contributed by atoms with Gasteiger partial charge in [-0.25, -0.2) is 5.09 Å². The van der Waals surface area contributed by atoms with Gasteiger partial charge in [-0.05, 0) is 19.1 Å². The molecule has 0 aliphatic carbocycles. The first-order chi connectivity index (χ1) is 7.09. The summed E-state index contributed by atoms with van der Waals surface area (Å²) in [6.45, 7) is 1.43. The standard InChI is InChI=1S/C9H12NO4P/c1-7(9(11)12)10-15(13)14-8-5-3-2-4-6-8/h2-7,10,13H,1H3,(H,11,12). The van der Waals surface area contributed by atoms with Gasteiger partial charge in [0.1, 0.15) is 11.8 Å². The molecule has 0 aliphatic heterocycles. The summed E-state index contributed by atoms with van der Waals surface area (Å²) in [5.74, 6) is -0.538. The molecule has 5 nitrogen and oxygen atoms in total. The lowest BCUT2D eigenvalue weighted by molar-refractivity contribution is -0.138. The normalized spacial score (nSPS) is 14.3. The van der Waals surface area contributed by atoms with Gasteiger partial charge in [0.05, 0.1) is 0 Å². The van der Waals surface area contributed by atoms with Crippen LogP contribution in [0.4, 0.5) is 0 Å². The van der Waals surface area contributed by atoms with Crippen LogP contribution in [0.1, 0.15) is 6.92 Å². The van der Waals surface area contributed by atoms with Gasteiger partial charge in [0, 0.05) is 0 Å². The van der Waals surface area contributed by atoms with Gasteiger partial charge in [0.15, 0.2) is 0 Å². The molecular weight excluding hydrogens is 217 g/mol. The van der Waals surface area contributed by atoms with Crippen molar-refractivity contribution < 1.29 is 19.3 Å². The molecule has 0 saturated heterocycles. The largest absolute Gasteiger partial charge is 0.480 e. The molecule has 0 saturated carbocycles. The monoisotopic (exact) mass is 229 g/mol. The minimum absolute atomic E-state index is 0.496. The van der Waals surface area contributed by atoms with E-state index in [9.17, 15) is 9.69 Å². The van der Waals surface area contributed by atoms with Crippen LogP contribution in [0, 0.1) is 0 Å². The Hall–Kier alpha value is -1.16. The second kappa shape index (κ2) is 5.66. The summed E-state index contributed by atoms with van der Waals surface area (Å²) in [6, 6.07) is 7.86. The number of nitrogens with one attached hydrogen (secondary N) is 1. The average molecular weight is 229 g/mol. The van der Waals surface area contributed by atoms with Gasteiger partial charge in [0.25, 0.3) is 0 Å². The summed E-state index contributed by atoms with van der Waals surface area (Å²) in [7, 11) is -1.96. The predicted molar refractivity (Wildman–Crippen MR) is 56.4 cm³/mol. The number of carboxylic acid groups (broad SMARTS) is 1. The van der Waals surface area contributed by atoms with Gasteiger partial charge in [-0.2, -0.15) is 0 Å². The minimum Gasteiger partial charge on any atom is -0.480 e. The number of benzene rings is 1. The van der Waals surface area contributed by atoms with Crippen molar-refractivity contribution in [1.82, 2.24) is 5.09 Å². The van der Waals surface area contributed by atoms with Crippen molar-refractivity contribution in [3.63, 3.8) is 0 Å². The third-order valence-corrected chi connectivity index (χ3v) is 2.60. The van der Waals surface area contributed by atoms with E-state index in [4.69, 9.17) is 9.63 Å². The van der Waals surface area contributed by atoms with Crippen LogP contribution >= 0.6 is 8.53 Å². The summed E-state index contributed by atoms with van der Waals surface area (Å²) in [4.78, 5) is 19.9. The average Bonchev–Trinajstić information content (AvgIpc) is 2.18. The molecule has 2 atom stereocenters. The van der Waals surface area contributed by atoms with E-state index in [2.05, 4.69) is 5.09 Å². The molecule has 3 N–H and O–H groups in total. The van der Waals surface area contributed by atoms with E-state index in [0.29, 0.717) is 5.75 Å². The number of aliphatic carboxylic acids is 1. The van der Waals surface area contributed by atoms with Crippen LogP contribution in [0.2, 0.25) is 0 Å². The van der Waals surface area contributed by atoms with Crippen molar-refractivity contribution in [3.05, 3.63) is 30.3 Å². The first-order valence-corrected chi connectivity index (χ1v) is 5.52. The second-order valence-electron chi connectivity index (χ2n) is 2.87. The maximum Gasteiger partial charge on any atom is 0.320 e. The van der Waals surface area contributed by atoms with Gasteiger partial charge >= 0.3 is 14.5 Å². The highest BCUT2D eigenvalue weighted by Crippen LogP contribution is 2.29. The first-order valence-electron chi connectivity index (χ1n) is 4.30. The zero-order valence-electron chi connectivity index (χ0n) is 8.12. The SMILES string of the molecule is CC(NP(O)Oc1ccccc1)C(=O)O. The number of rotatable bonds is 5. The predicted octanol–water partition coefficient (Wildman–Crippen LogP) is 1.35. The Bertz CT molecular complexity index is 319. The van der Waals surface area contributed by atoms with Crippen molar-refractivity contribution in [3.8, 4) is 5.75 Å². The molecule has 0 aliphatic rings. The van der Waals surface area contributed by atoms with Crippen LogP contribution in [-0.2, 0) is 4.79 Å². The lowest BCUT2D eigenvalue weighted by Gasteiger charge is -2.15. The number of para-hydroxylation sites is 1. The van der Waals surface area contributed by atoms with Crippen LogP contribution in [0.15, 0.2) is 30.3 Å². The van der Waals surface area contributed by atoms with Crippen LogP contribution in [0.5, 0.6) is 5.75 Å². The molecule has 0 spiro atoms. The number of hydrogen-bond donors (Lipinski definition) is 3. The lowest BCUT2D eigenvalue weighted by Crippen LogP contribution is -2.30. The molecule has 0 aromatic heterocycles. The van der Waals surface area contributed by atoms with Gasteiger partial charge in [-0.1, -0.05) is 18.2 Å². The maximum atomic E-state index is 10.5. The fraction of sp³-hybridized carbons (Fsp3) is 0.222. The van der Waals surface area contributed by atoms with Crippen LogP contribution < -0.4 is 9.61 Å². The Morgan fingerprint density at radius 3 is 2.60 bits per heavy atom. The first kappa shape index (κ1) is 11.9. The zero-order valence-corrected chi connectivity index (χ0v) is 9.02. The molecule has 6 heteroatoms. The fourth-order valence-corrected chi connectivity index (χ4v) is 1.64. The summed E-state index contributed by atoms with van der Waals surface area (Å²) in [6.07, 6.45) is 0. The molecule has 0 bridgehead atoms. The molecular formula is C9H12NO4P. The Morgan fingerprint density at radius 2 is 2.07 bits per heavy atom. The Morgan fingerprint density at radius 1 is 1.47 bits per heavy atom. The highest BCUT2D eigenvalue weighted by Gasteiger charge is 2.17. The third-order valence-electron chi connectivity index (χ3n) is 1.61. The number of carbonyl (C=O) groups is 1. The van der Waals surface area contributed by atoms with Crippen LogP contribution in [-0.4, -0.2) is 22.0 Å². The molecule has 1 aromatic rings. The van der Waals surface area contributed by atoms with Crippen molar-refractivity contribution >= 4 is 14.5 Å². The quantitative estimate of drug-likeness (QED) is 0.664. The van der Waals surface area contributed by atoms with E-state index >= 15 is 0 Å². The molecule has 1 aromatic carbocycles. The second-order valence-corrected chi connectivity index (χ2v) is 3.85. The summed E-state index contributed by atoms with van der Waals surface area (Å²) < 4.78 is 5.08. The topological polar surface area (TPSA) is 78.8 Å². The van der Waals surface area contributed by atoms with Crippen molar-refractivity contribution in [1.29, 1.82) is 0 Å². The summed E-state index contributed by atoms with van der Waals surface area (Å²) in [5.41, 5.74) is 0. The van der Waals surface area contributed by atoms with Gasteiger partial charge in [-0.15, -0.1) is 0 Å². The zero-order chi connectivity index (χ0) is 11.3. The van der Waals surface area contributed by atoms with E-state index in [1.165, 1.54) is 6.92 Å². The minimum atomic E-state index is -1.96. The Balaban J connectivity index is 2.43.